The van der Waals surface area contributed by atoms with E-state index in [1.165, 1.54) is 12.1 Å². The molecule has 0 fully saturated rings. The van der Waals surface area contributed by atoms with E-state index < -0.39 is 0 Å². The van der Waals surface area contributed by atoms with Crippen LogP contribution in [0.4, 0.5) is 11.6 Å². The number of aromatic amines is 1. The molecule has 1 aromatic heterocycles. The van der Waals surface area contributed by atoms with Gasteiger partial charge in [0.05, 0.1) is 20.9 Å². The maximum atomic E-state index is 12.1. The molecule has 4 nitrogen and oxygen atoms in total. The molecule has 2 aromatic carbocycles. The highest BCUT2D eigenvalue weighted by Gasteiger charge is 2.08. The third kappa shape index (κ3) is 3.15. The molecule has 0 saturated carbocycles. The molecule has 0 aliphatic carbocycles. The lowest BCUT2D eigenvalue weighted by atomic mass is 10.2. The normalized spacial score (nSPS) is 10.9. The van der Waals surface area contributed by atoms with Crippen LogP contribution in [0, 0.1) is 0 Å². The Morgan fingerprint density at radius 1 is 0.909 bits per heavy atom. The molecule has 0 bridgehead atoms. The van der Waals surface area contributed by atoms with Crippen molar-refractivity contribution in [3.63, 3.8) is 0 Å². The van der Waals surface area contributed by atoms with Crippen molar-refractivity contribution in [2.75, 3.05) is 5.32 Å². The minimum atomic E-state index is -0.334. The first kappa shape index (κ1) is 15.4. The molecule has 0 spiro atoms. The molecule has 2 N–H and O–H groups in total. The van der Waals surface area contributed by atoms with Gasteiger partial charge in [-0.25, -0.2) is 4.98 Å². The van der Waals surface area contributed by atoms with Crippen molar-refractivity contribution in [3.8, 4) is 0 Å². The molecule has 0 unspecified atom stereocenters. The molecule has 0 amide bonds. The van der Waals surface area contributed by atoms with Crippen LogP contribution < -0.4 is 10.9 Å². The number of halogens is 4. The zero-order valence-corrected chi connectivity index (χ0v) is 13.8. The Balaban J connectivity index is 2.08. The van der Waals surface area contributed by atoms with Gasteiger partial charge in [0.15, 0.2) is 0 Å². The SMILES string of the molecule is O=c1[nH]c(Nc2cc(Cl)cc(Cl)c2)nc2cc(Cl)c(Cl)cc12. The number of anilines is 2. The summed E-state index contributed by atoms with van der Waals surface area (Å²) in [6.45, 7) is 0. The summed E-state index contributed by atoms with van der Waals surface area (Å²) in [5, 5.41) is 4.84. The monoisotopic (exact) mass is 373 g/mol. The lowest BCUT2D eigenvalue weighted by Gasteiger charge is -2.08. The zero-order valence-electron chi connectivity index (χ0n) is 10.8. The molecular weight excluding hydrogens is 368 g/mol. The molecule has 0 atom stereocenters. The van der Waals surface area contributed by atoms with E-state index >= 15 is 0 Å². The number of nitrogens with zero attached hydrogens (tertiary/aromatic N) is 1. The Kier molecular flexibility index (Phi) is 4.19. The van der Waals surface area contributed by atoms with Crippen LogP contribution in [-0.4, -0.2) is 9.97 Å². The van der Waals surface area contributed by atoms with E-state index in [1.807, 2.05) is 0 Å². The maximum absolute atomic E-state index is 12.1. The predicted octanol–water partition coefficient (Wildman–Crippen LogP) is 5.28. The number of hydrogen-bond acceptors (Lipinski definition) is 3. The largest absolute Gasteiger partial charge is 0.326 e. The van der Waals surface area contributed by atoms with E-state index in [4.69, 9.17) is 46.4 Å². The van der Waals surface area contributed by atoms with Gasteiger partial charge in [-0.1, -0.05) is 46.4 Å². The fourth-order valence-electron chi connectivity index (χ4n) is 1.96. The predicted molar refractivity (Wildman–Crippen MR) is 92.1 cm³/mol. The topological polar surface area (TPSA) is 57.8 Å². The van der Waals surface area contributed by atoms with E-state index in [2.05, 4.69) is 15.3 Å². The zero-order chi connectivity index (χ0) is 15.9. The van der Waals surface area contributed by atoms with Crippen molar-refractivity contribution >= 4 is 68.9 Å². The summed E-state index contributed by atoms with van der Waals surface area (Å²) in [6.07, 6.45) is 0. The van der Waals surface area contributed by atoms with E-state index in [9.17, 15) is 4.79 Å². The second-order valence-corrected chi connectivity index (χ2v) is 6.17. The lowest BCUT2D eigenvalue weighted by molar-refractivity contribution is 1.17. The summed E-state index contributed by atoms with van der Waals surface area (Å²) in [5.74, 6) is 0.245. The number of nitrogens with one attached hydrogen (secondary N) is 2. The van der Waals surface area contributed by atoms with Crippen molar-refractivity contribution < 1.29 is 0 Å². The maximum Gasteiger partial charge on any atom is 0.260 e. The van der Waals surface area contributed by atoms with Crippen LogP contribution >= 0.6 is 46.4 Å². The average molecular weight is 375 g/mol. The minimum absolute atomic E-state index is 0.245. The van der Waals surface area contributed by atoms with E-state index in [0.29, 0.717) is 36.7 Å². The number of fused-ring (bicyclic) bond motifs is 1. The summed E-state index contributed by atoms with van der Waals surface area (Å²) in [4.78, 5) is 19.0. The van der Waals surface area contributed by atoms with Gasteiger partial charge in [0.1, 0.15) is 0 Å². The summed E-state index contributed by atoms with van der Waals surface area (Å²) in [7, 11) is 0. The molecule has 1 heterocycles. The summed E-state index contributed by atoms with van der Waals surface area (Å²) in [6, 6.07) is 7.93. The number of aromatic nitrogens is 2. The third-order valence-corrected chi connectivity index (χ3v) is 4.03. The highest BCUT2D eigenvalue weighted by atomic mass is 35.5. The van der Waals surface area contributed by atoms with E-state index in [-0.39, 0.29) is 11.5 Å². The Labute approximate surface area is 145 Å². The average Bonchev–Trinajstić information content (AvgIpc) is 2.40. The van der Waals surface area contributed by atoms with Gasteiger partial charge in [0.2, 0.25) is 5.95 Å². The molecule has 3 aromatic rings. The van der Waals surface area contributed by atoms with Crippen molar-refractivity contribution in [1.82, 2.24) is 9.97 Å². The van der Waals surface area contributed by atoms with Crippen LogP contribution in [0.2, 0.25) is 20.1 Å². The molecular formula is C14H7Cl4N3O. The van der Waals surface area contributed by atoms with Crippen LogP contribution in [0.25, 0.3) is 10.9 Å². The quantitative estimate of drug-likeness (QED) is 0.641. The Bertz CT molecular complexity index is 919. The van der Waals surface area contributed by atoms with Gasteiger partial charge in [-0.05, 0) is 30.3 Å². The Morgan fingerprint density at radius 2 is 1.55 bits per heavy atom. The molecule has 8 heteroatoms. The fourth-order valence-corrected chi connectivity index (χ4v) is 2.80. The van der Waals surface area contributed by atoms with Gasteiger partial charge in [-0.15, -0.1) is 0 Å². The summed E-state index contributed by atoms with van der Waals surface area (Å²) >= 11 is 23.7. The molecule has 0 aliphatic rings. The Hall–Kier alpha value is -1.46. The number of rotatable bonds is 2. The smallest absolute Gasteiger partial charge is 0.260 e. The second-order valence-electron chi connectivity index (χ2n) is 4.48. The first-order valence-electron chi connectivity index (χ1n) is 6.04. The molecule has 112 valence electrons. The van der Waals surface area contributed by atoms with Gasteiger partial charge >= 0.3 is 0 Å². The van der Waals surface area contributed by atoms with Crippen LogP contribution in [0.3, 0.4) is 0 Å². The van der Waals surface area contributed by atoms with Gasteiger partial charge in [-0.3, -0.25) is 9.78 Å². The summed E-state index contributed by atoms with van der Waals surface area (Å²) in [5.41, 5.74) is 0.688. The van der Waals surface area contributed by atoms with Gasteiger partial charge in [-0.2, -0.15) is 0 Å². The Morgan fingerprint density at radius 3 is 2.23 bits per heavy atom. The van der Waals surface area contributed by atoms with Crippen LogP contribution in [0.5, 0.6) is 0 Å². The standard InChI is InChI=1S/C14H7Cl4N3O/c15-6-1-7(16)3-8(2-6)19-14-20-12-5-11(18)10(17)4-9(12)13(22)21-14/h1-5H,(H2,19,20,21,22). The molecule has 22 heavy (non-hydrogen) atoms. The highest BCUT2D eigenvalue weighted by molar-refractivity contribution is 6.42. The van der Waals surface area contributed by atoms with Crippen molar-refractivity contribution in [1.29, 1.82) is 0 Å². The van der Waals surface area contributed by atoms with Gasteiger partial charge < -0.3 is 5.32 Å². The third-order valence-electron chi connectivity index (χ3n) is 2.87. The second kappa shape index (κ2) is 5.97. The molecule has 0 radical (unpaired) electrons. The fraction of sp³-hybridized carbons (Fsp3) is 0. The molecule has 0 saturated heterocycles. The van der Waals surface area contributed by atoms with Crippen molar-refractivity contribution in [2.45, 2.75) is 0 Å². The van der Waals surface area contributed by atoms with Gasteiger partial charge in [0.25, 0.3) is 5.56 Å². The van der Waals surface area contributed by atoms with E-state index in [1.54, 1.807) is 18.2 Å². The lowest BCUT2D eigenvalue weighted by Crippen LogP contribution is -2.11. The summed E-state index contributed by atoms with van der Waals surface area (Å²) < 4.78 is 0. The highest BCUT2D eigenvalue weighted by Crippen LogP contribution is 2.27. The van der Waals surface area contributed by atoms with Crippen LogP contribution in [0.15, 0.2) is 35.1 Å². The van der Waals surface area contributed by atoms with E-state index in [0.717, 1.165) is 0 Å². The number of hydrogen-bond donors (Lipinski definition) is 2. The van der Waals surface area contributed by atoms with Crippen molar-refractivity contribution in [3.05, 3.63) is 60.8 Å². The molecule has 0 aliphatic heterocycles. The van der Waals surface area contributed by atoms with Crippen molar-refractivity contribution in [2.24, 2.45) is 0 Å². The van der Waals surface area contributed by atoms with Crippen LogP contribution in [-0.2, 0) is 0 Å². The number of benzene rings is 2. The first-order chi connectivity index (χ1) is 10.4. The minimum Gasteiger partial charge on any atom is -0.326 e. The number of H-pyrrole nitrogens is 1. The van der Waals surface area contributed by atoms with Gasteiger partial charge in [0, 0.05) is 15.7 Å². The first-order valence-corrected chi connectivity index (χ1v) is 7.56. The van der Waals surface area contributed by atoms with Crippen LogP contribution in [0.1, 0.15) is 0 Å². The molecule has 3 rings (SSSR count).